The Morgan fingerprint density at radius 1 is 0.900 bits per heavy atom. The second-order valence-electron chi connectivity index (χ2n) is 6.75. The number of benzene rings is 3. The summed E-state index contributed by atoms with van der Waals surface area (Å²) in [5, 5.41) is 10.1. The molecule has 0 aliphatic rings. The highest BCUT2D eigenvalue weighted by molar-refractivity contribution is 6.31. The minimum absolute atomic E-state index is 0.00516. The number of hydrogen-bond acceptors (Lipinski definition) is 3. The van der Waals surface area contributed by atoms with Crippen molar-refractivity contribution >= 4 is 23.2 Å². The molecule has 0 aliphatic carbocycles. The zero-order chi connectivity index (χ0) is 21.1. The Morgan fingerprint density at radius 3 is 2.20 bits per heavy atom. The average Bonchev–Trinajstić information content (AvgIpc) is 2.77. The summed E-state index contributed by atoms with van der Waals surface area (Å²) < 4.78 is 0. The van der Waals surface area contributed by atoms with Gasteiger partial charge in [0, 0.05) is 21.8 Å². The molecule has 0 saturated carbocycles. The Labute approximate surface area is 178 Å². The number of nitrogens with zero attached hydrogens (tertiary/aromatic N) is 1. The van der Waals surface area contributed by atoms with Gasteiger partial charge in [-0.2, -0.15) is 5.10 Å². The van der Waals surface area contributed by atoms with E-state index in [0.29, 0.717) is 22.0 Å². The molecular formula is C24H18ClN3O2. The number of aromatic nitrogens is 2. The molecule has 3 aromatic carbocycles. The van der Waals surface area contributed by atoms with E-state index in [2.05, 4.69) is 15.5 Å². The van der Waals surface area contributed by atoms with Crippen molar-refractivity contribution in [3.63, 3.8) is 0 Å². The van der Waals surface area contributed by atoms with E-state index in [4.69, 9.17) is 11.6 Å². The molecule has 0 atom stereocenters. The molecule has 6 heteroatoms. The maximum atomic E-state index is 13.3. The highest BCUT2D eigenvalue weighted by Gasteiger charge is 2.23. The van der Waals surface area contributed by atoms with Crippen LogP contribution in [-0.4, -0.2) is 16.1 Å². The smallest absolute Gasteiger partial charge is 0.277 e. The van der Waals surface area contributed by atoms with Gasteiger partial charge in [0.15, 0.2) is 0 Å². The van der Waals surface area contributed by atoms with Crippen LogP contribution in [-0.2, 0) is 0 Å². The van der Waals surface area contributed by atoms with Crippen LogP contribution in [0.25, 0.3) is 22.4 Å². The lowest BCUT2D eigenvalue weighted by molar-refractivity contribution is 0.102. The Morgan fingerprint density at radius 2 is 1.53 bits per heavy atom. The van der Waals surface area contributed by atoms with Crippen molar-refractivity contribution in [2.24, 2.45) is 0 Å². The molecule has 1 amide bonds. The number of hydrogen-bond donors (Lipinski definition) is 2. The summed E-state index contributed by atoms with van der Waals surface area (Å²) in [6.45, 7) is 1.81. The lowest BCUT2D eigenvalue weighted by atomic mass is 9.95. The molecule has 0 saturated heterocycles. The fraction of sp³-hybridized carbons (Fsp3) is 0.0417. The van der Waals surface area contributed by atoms with Crippen LogP contribution in [0.3, 0.4) is 0 Å². The van der Waals surface area contributed by atoms with Crippen LogP contribution in [0.4, 0.5) is 5.69 Å². The number of halogens is 1. The third-order valence-corrected chi connectivity index (χ3v) is 5.25. The molecule has 1 heterocycles. The first-order valence-electron chi connectivity index (χ1n) is 9.36. The van der Waals surface area contributed by atoms with Gasteiger partial charge in [0.05, 0.1) is 5.69 Å². The lowest BCUT2D eigenvalue weighted by Gasteiger charge is -2.15. The van der Waals surface area contributed by atoms with Crippen LogP contribution in [0.1, 0.15) is 15.9 Å². The van der Waals surface area contributed by atoms with E-state index in [1.807, 2.05) is 67.6 Å². The molecular weight excluding hydrogens is 398 g/mol. The van der Waals surface area contributed by atoms with Gasteiger partial charge in [-0.15, -0.1) is 0 Å². The minimum Gasteiger partial charge on any atom is -0.322 e. The van der Waals surface area contributed by atoms with Crippen LogP contribution in [0.15, 0.2) is 83.7 Å². The van der Waals surface area contributed by atoms with Crippen molar-refractivity contribution in [1.29, 1.82) is 0 Å². The molecule has 4 aromatic rings. The first-order valence-corrected chi connectivity index (χ1v) is 9.74. The predicted molar refractivity (Wildman–Crippen MR) is 120 cm³/mol. The number of rotatable bonds is 4. The molecule has 4 rings (SSSR count). The van der Waals surface area contributed by atoms with Gasteiger partial charge < -0.3 is 5.32 Å². The number of nitrogens with one attached hydrogen (secondary N) is 2. The van der Waals surface area contributed by atoms with E-state index in [0.717, 1.165) is 16.7 Å². The van der Waals surface area contributed by atoms with E-state index in [1.54, 1.807) is 18.2 Å². The maximum Gasteiger partial charge on any atom is 0.277 e. The summed E-state index contributed by atoms with van der Waals surface area (Å²) in [5.41, 5.74) is 3.22. The predicted octanol–water partition coefficient (Wildman–Crippen LogP) is 5.32. The third-order valence-electron chi connectivity index (χ3n) is 4.84. The Bertz CT molecular complexity index is 1270. The summed E-state index contributed by atoms with van der Waals surface area (Å²) >= 11 is 6.18. The second kappa shape index (κ2) is 8.35. The Hall–Kier alpha value is -3.70. The first kappa shape index (κ1) is 19.6. The van der Waals surface area contributed by atoms with Crippen molar-refractivity contribution in [2.45, 2.75) is 6.92 Å². The van der Waals surface area contributed by atoms with Gasteiger partial charge >= 0.3 is 0 Å². The van der Waals surface area contributed by atoms with Crippen LogP contribution >= 0.6 is 11.6 Å². The molecule has 0 fully saturated rings. The van der Waals surface area contributed by atoms with Gasteiger partial charge in [0.2, 0.25) is 0 Å². The summed E-state index contributed by atoms with van der Waals surface area (Å²) in [7, 11) is 0. The summed E-state index contributed by atoms with van der Waals surface area (Å²) in [5.74, 6) is -0.528. The van der Waals surface area contributed by atoms with Crippen molar-refractivity contribution < 1.29 is 4.79 Å². The molecule has 148 valence electrons. The maximum absolute atomic E-state index is 13.3. The highest BCUT2D eigenvalue weighted by atomic mass is 35.5. The molecule has 2 N–H and O–H groups in total. The molecule has 0 bridgehead atoms. The van der Waals surface area contributed by atoms with Crippen molar-refractivity contribution in [2.75, 3.05) is 5.32 Å². The van der Waals surface area contributed by atoms with Crippen molar-refractivity contribution in [1.82, 2.24) is 10.2 Å². The van der Waals surface area contributed by atoms with Gasteiger partial charge in [-0.25, -0.2) is 5.10 Å². The molecule has 30 heavy (non-hydrogen) atoms. The van der Waals surface area contributed by atoms with Gasteiger partial charge in [-0.3, -0.25) is 9.59 Å². The van der Waals surface area contributed by atoms with E-state index >= 15 is 0 Å². The van der Waals surface area contributed by atoms with Crippen LogP contribution in [0.5, 0.6) is 0 Å². The van der Waals surface area contributed by atoms with E-state index in [-0.39, 0.29) is 5.56 Å². The standard InChI is InChI=1S/C24H18ClN3O2/c1-15-18(25)13-8-14-19(15)26-23(29)21-20(16-9-4-2-5-10-16)22(27-28-24(21)30)17-11-6-3-7-12-17/h2-14H,1H3,(H,26,29)(H,28,30). The van der Waals surface area contributed by atoms with E-state index in [1.165, 1.54) is 0 Å². The van der Waals surface area contributed by atoms with Gasteiger partial charge in [0.1, 0.15) is 5.56 Å². The molecule has 5 nitrogen and oxygen atoms in total. The van der Waals surface area contributed by atoms with Crippen LogP contribution in [0, 0.1) is 6.92 Å². The van der Waals surface area contributed by atoms with Crippen LogP contribution < -0.4 is 10.9 Å². The SMILES string of the molecule is Cc1c(Cl)cccc1NC(=O)c1c(-c2ccccc2)c(-c2ccccc2)n[nH]c1=O. The second-order valence-corrected chi connectivity index (χ2v) is 7.16. The van der Waals surface area contributed by atoms with Gasteiger partial charge in [-0.1, -0.05) is 78.3 Å². The number of carbonyl (C=O) groups is 1. The zero-order valence-electron chi connectivity index (χ0n) is 16.1. The molecule has 0 radical (unpaired) electrons. The van der Waals surface area contributed by atoms with Gasteiger partial charge in [0.25, 0.3) is 11.5 Å². The normalized spacial score (nSPS) is 10.6. The number of H-pyrrole nitrogens is 1. The Balaban J connectivity index is 1.92. The molecule has 0 spiro atoms. The van der Waals surface area contributed by atoms with Crippen molar-refractivity contribution in [3.05, 3.63) is 105 Å². The first-order chi connectivity index (χ1) is 14.6. The average molecular weight is 416 g/mol. The minimum atomic E-state index is -0.564. The summed E-state index contributed by atoms with van der Waals surface area (Å²) in [4.78, 5) is 26.0. The molecule has 0 unspecified atom stereocenters. The third kappa shape index (κ3) is 3.75. The van der Waals surface area contributed by atoms with E-state index in [9.17, 15) is 9.59 Å². The number of anilines is 1. The fourth-order valence-electron chi connectivity index (χ4n) is 3.29. The highest BCUT2D eigenvalue weighted by Crippen LogP contribution is 2.32. The molecule has 0 aliphatic heterocycles. The van der Waals surface area contributed by atoms with Gasteiger partial charge in [-0.05, 0) is 30.2 Å². The summed E-state index contributed by atoms with van der Waals surface area (Å²) in [6, 6.07) is 24.0. The fourth-order valence-corrected chi connectivity index (χ4v) is 3.46. The topological polar surface area (TPSA) is 74.8 Å². The van der Waals surface area contributed by atoms with E-state index < -0.39 is 11.5 Å². The molecule has 1 aromatic heterocycles. The largest absolute Gasteiger partial charge is 0.322 e. The number of amides is 1. The quantitative estimate of drug-likeness (QED) is 0.473. The van der Waals surface area contributed by atoms with Crippen LogP contribution in [0.2, 0.25) is 5.02 Å². The zero-order valence-corrected chi connectivity index (χ0v) is 16.9. The number of carbonyl (C=O) groups excluding carboxylic acids is 1. The summed E-state index contributed by atoms with van der Waals surface area (Å²) in [6.07, 6.45) is 0. The number of aromatic amines is 1. The monoisotopic (exact) mass is 415 g/mol. The Kier molecular flexibility index (Phi) is 5.46. The van der Waals surface area contributed by atoms with Crippen molar-refractivity contribution in [3.8, 4) is 22.4 Å². The lowest BCUT2D eigenvalue weighted by Crippen LogP contribution is -2.26.